The van der Waals surface area contributed by atoms with Gasteiger partial charge >= 0.3 is 0 Å². The van der Waals surface area contributed by atoms with Crippen LogP contribution < -0.4 is 16.0 Å². The molecule has 2 aliphatic rings. The minimum atomic E-state index is -0.899. The summed E-state index contributed by atoms with van der Waals surface area (Å²) in [7, 11) is 0. The number of pyridine rings is 1. The summed E-state index contributed by atoms with van der Waals surface area (Å²) in [5.74, 6) is -2.18. The number of nitrogens with one attached hydrogen (secondary N) is 3. The molecule has 2 fully saturated rings. The molecule has 274 valence electrons. The fraction of sp³-hybridized carbons (Fsp3) is 0.526. The highest BCUT2D eigenvalue weighted by molar-refractivity contribution is 6.00. The van der Waals surface area contributed by atoms with Crippen molar-refractivity contribution < 1.29 is 23.6 Å². The van der Waals surface area contributed by atoms with Gasteiger partial charge in [0.1, 0.15) is 23.6 Å². The number of aromatic nitrogens is 3. The van der Waals surface area contributed by atoms with Crippen molar-refractivity contribution in [2.45, 2.75) is 90.9 Å². The quantitative estimate of drug-likeness (QED) is 0.241. The number of aryl methyl sites for hydroxylation is 1. The molecule has 13 heteroatoms. The van der Waals surface area contributed by atoms with Crippen LogP contribution in [-0.4, -0.2) is 86.5 Å². The molecular weight excluding hydrogens is 651 g/mol. The minimum Gasteiger partial charge on any atom is -0.344 e. The van der Waals surface area contributed by atoms with E-state index in [-0.39, 0.29) is 29.8 Å². The Morgan fingerprint density at radius 2 is 1.69 bits per heavy atom. The van der Waals surface area contributed by atoms with E-state index in [2.05, 4.69) is 37.9 Å². The average Bonchev–Trinajstić information content (AvgIpc) is 3.63. The first-order chi connectivity index (χ1) is 24.6. The molecule has 3 N–H and O–H groups in total. The Bertz CT molecular complexity index is 1650. The van der Waals surface area contributed by atoms with Crippen molar-refractivity contribution >= 4 is 29.3 Å². The predicted molar refractivity (Wildman–Crippen MR) is 192 cm³/mol. The molecule has 0 bridgehead atoms. The fourth-order valence-electron chi connectivity index (χ4n) is 7.05. The molecule has 3 atom stereocenters. The lowest BCUT2D eigenvalue weighted by molar-refractivity contribution is -0.138. The number of carbonyl (C=O) groups excluding carboxylic acids is 4. The van der Waals surface area contributed by atoms with Crippen LogP contribution in [-0.2, 0) is 27.5 Å². The molecule has 0 radical (unpaired) electrons. The molecule has 3 aromatic rings. The van der Waals surface area contributed by atoms with Crippen molar-refractivity contribution in [1.82, 2.24) is 35.2 Å². The maximum atomic E-state index is 15.8. The van der Waals surface area contributed by atoms with Gasteiger partial charge in [-0.25, -0.2) is 4.39 Å². The maximum absolute atomic E-state index is 15.8. The van der Waals surface area contributed by atoms with Gasteiger partial charge in [0.05, 0.1) is 11.4 Å². The predicted octanol–water partition coefficient (Wildman–Crippen LogP) is 4.34. The smallest absolute Gasteiger partial charge is 0.270 e. The van der Waals surface area contributed by atoms with Gasteiger partial charge in [-0.05, 0) is 67.5 Å². The van der Waals surface area contributed by atoms with Crippen LogP contribution in [0.4, 0.5) is 10.1 Å². The van der Waals surface area contributed by atoms with Crippen molar-refractivity contribution in [3.8, 4) is 0 Å². The van der Waals surface area contributed by atoms with Gasteiger partial charge in [0, 0.05) is 64.0 Å². The van der Waals surface area contributed by atoms with E-state index in [0.717, 1.165) is 31.4 Å². The van der Waals surface area contributed by atoms with Crippen LogP contribution in [0.15, 0.2) is 54.9 Å². The van der Waals surface area contributed by atoms with E-state index in [9.17, 15) is 19.2 Å². The second kappa shape index (κ2) is 17.5. The third-order valence-corrected chi connectivity index (χ3v) is 10.3. The van der Waals surface area contributed by atoms with Crippen LogP contribution in [0, 0.1) is 17.7 Å². The van der Waals surface area contributed by atoms with Crippen LogP contribution in [0.2, 0.25) is 0 Å². The fourth-order valence-corrected chi connectivity index (χ4v) is 7.05. The third-order valence-electron chi connectivity index (χ3n) is 10.3. The van der Waals surface area contributed by atoms with Crippen LogP contribution in [0.1, 0.15) is 87.5 Å². The van der Waals surface area contributed by atoms with Gasteiger partial charge in [0.25, 0.3) is 5.91 Å². The van der Waals surface area contributed by atoms with Gasteiger partial charge in [0.2, 0.25) is 17.7 Å². The van der Waals surface area contributed by atoms with Gasteiger partial charge in [-0.1, -0.05) is 45.7 Å². The second-order valence-electron chi connectivity index (χ2n) is 13.8. The Hall–Kier alpha value is -4.65. The summed E-state index contributed by atoms with van der Waals surface area (Å²) < 4.78 is 17.3. The van der Waals surface area contributed by atoms with E-state index in [1.807, 2.05) is 25.1 Å². The SMILES string of the molecule is CCC(=O)N[C@@H](C(=O)N1CCN(Cc2ccccn2)CC1)[C@@H](C)c1ccc(NC(=O)[C@@H](NC(=O)c2ccnn2CC)C2CCC(C)CC2)c(F)c1. The highest BCUT2D eigenvalue weighted by Crippen LogP contribution is 2.32. The molecule has 5 rings (SSSR count). The van der Waals surface area contributed by atoms with Crippen molar-refractivity contribution in [3.05, 3.63) is 77.6 Å². The van der Waals surface area contributed by atoms with E-state index in [4.69, 9.17) is 0 Å². The third kappa shape index (κ3) is 9.57. The van der Waals surface area contributed by atoms with Crippen LogP contribution >= 0.6 is 0 Å². The number of hydrogen-bond acceptors (Lipinski definition) is 7. The number of hydrogen-bond donors (Lipinski definition) is 3. The first-order valence-electron chi connectivity index (χ1n) is 18.2. The number of nitrogens with zero attached hydrogens (tertiary/aromatic N) is 5. The maximum Gasteiger partial charge on any atom is 0.270 e. The van der Waals surface area contributed by atoms with E-state index in [0.29, 0.717) is 56.4 Å². The van der Waals surface area contributed by atoms with Gasteiger partial charge in [-0.15, -0.1) is 0 Å². The summed E-state index contributed by atoms with van der Waals surface area (Å²) in [6, 6.07) is 10.1. The van der Waals surface area contributed by atoms with Gasteiger partial charge in [-0.2, -0.15) is 5.10 Å². The van der Waals surface area contributed by atoms with E-state index in [1.165, 1.54) is 12.1 Å². The molecule has 1 aliphatic heterocycles. The largest absolute Gasteiger partial charge is 0.344 e. The molecule has 0 spiro atoms. The first kappa shape index (κ1) is 37.6. The Morgan fingerprint density at radius 3 is 2.33 bits per heavy atom. The zero-order chi connectivity index (χ0) is 36.5. The lowest BCUT2D eigenvalue weighted by atomic mass is 9.79. The normalized spacial score (nSPS) is 19.8. The van der Waals surface area contributed by atoms with Gasteiger partial charge in [-0.3, -0.25) is 33.7 Å². The van der Waals surface area contributed by atoms with E-state index < -0.39 is 35.6 Å². The molecule has 1 saturated heterocycles. The molecule has 1 aromatic carbocycles. The minimum absolute atomic E-state index is 0.0255. The average molecular weight is 703 g/mol. The number of anilines is 1. The second-order valence-corrected chi connectivity index (χ2v) is 13.8. The molecule has 3 heterocycles. The standard InChI is InChI=1S/C38H51FN8O4/c1-5-33(48)43-34(38(51)46-21-19-45(20-22-46)24-29-9-7-8-17-40-29)26(4)28-14-15-31(30(39)23-28)42-37(50)35(27-12-10-25(3)11-13-27)44-36(49)32-16-18-41-47(32)6-2/h7-9,14-18,23,25-27,34-35H,5-6,10-13,19-22,24H2,1-4H3,(H,42,50)(H,43,48)(H,44,49)/t25?,26-,27?,34+,35-/m0/s1. The number of amides is 4. The first-order valence-corrected chi connectivity index (χ1v) is 18.2. The Balaban J connectivity index is 1.27. The number of piperazine rings is 1. The molecular formula is C38H51FN8O4. The summed E-state index contributed by atoms with van der Waals surface area (Å²) >= 11 is 0. The van der Waals surface area contributed by atoms with Crippen molar-refractivity contribution in [2.24, 2.45) is 11.8 Å². The number of carbonyl (C=O) groups is 4. The molecule has 1 saturated carbocycles. The highest BCUT2D eigenvalue weighted by Gasteiger charge is 2.35. The molecule has 2 aromatic heterocycles. The zero-order valence-corrected chi connectivity index (χ0v) is 30.1. The lowest BCUT2D eigenvalue weighted by Crippen LogP contribution is -2.56. The lowest BCUT2D eigenvalue weighted by Gasteiger charge is -2.37. The Kier molecular flexibility index (Phi) is 12.9. The summed E-state index contributed by atoms with van der Waals surface area (Å²) in [6.45, 7) is 11.1. The summed E-state index contributed by atoms with van der Waals surface area (Å²) in [4.78, 5) is 61.9. The van der Waals surface area contributed by atoms with Crippen molar-refractivity contribution in [3.63, 3.8) is 0 Å². The van der Waals surface area contributed by atoms with Crippen LogP contribution in [0.3, 0.4) is 0 Å². The highest BCUT2D eigenvalue weighted by atomic mass is 19.1. The molecule has 1 aliphatic carbocycles. The number of rotatable bonds is 13. The molecule has 0 unspecified atom stereocenters. The Labute approximate surface area is 299 Å². The Morgan fingerprint density at radius 1 is 0.941 bits per heavy atom. The monoisotopic (exact) mass is 702 g/mol. The summed E-state index contributed by atoms with van der Waals surface area (Å²) in [6.07, 6.45) is 6.92. The molecule has 12 nitrogen and oxygen atoms in total. The van der Waals surface area contributed by atoms with Crippen LogP contribution in [0.5, 0.6) is 0 Å². The van der Waals surface area contributed by atoms with Crippen LogP contribution in [0.25, 0.3) is 0 Å². The van der Waals surface area contributed by atoms with Crippen molar-refractivity contribution in [2.75, 3.05) is 31.5 Å². The summed E-state index contributed by atoms with van der Waals surface area (Å²) in [5.41, 5.74) is 1.80. The van der Waals surface area contributed by atoms with E-state index >= 15 is 4.39 Å². The zero-order valence-electron chi connectivity index (χ0n) is 30.1. The number of benzene rings is 1. The van der Waals surface area contributed by atoms with E-state index in [1.54, 1.807) is 48.0 Å². The van der Waals surface area contributed by atoms with Crippen molar-refractivity contribution in [1.29, 1.82) is 0 Å². The molecule has 4 amide bonds. The topological polar surface area (TPSA) is 142 Å². The van der Waals surface area contributed by atoms with Gasteiger partial charge < -0.3 is 20.9 Å². The number of halogens is 1. The summed E-state index contributed by atoms with van der Waals surface area (Å²) in [5, 5.41) is 12.7. The molecule has 51 heavy (non-hydrogen) atoms. The van der Waals surface area contributed by atoms with Gasteiger partial charge in [0.15, 0.2) is 0 Å².